The van der Waals surface area contributed by atoms with Crippen molar-refractivity contribution >= 4 is 13.5 Å². The van der Waals surface area contributed by atoms with Gasteiger partial charge in [0.25, 0.3) is 0 Å². The number of likely N-dealkylation sites (tertiary alicyclic amines) is 1. The van der Waals surface area contributed by atoms with Crippen molar-refractivity contribution in [3.05, 3.63) is 0 Å². The third-order valence-corrected chi connectivity index (χ3v) is 5.42. The maximum atomic E-state index is 12.0. The van der Waals surface area contributed by atoms with E-state index in [1.165, 1.54) is 0 Å². The molecule has 1 aliphatic heterocycles. The van der Waals surface area contributed by atoms with E-state index in [0.717, 1.165) is 32.2 Å². The number of carbonyl (C=O) groups excluding carboxylic acids is 1. The minimum Gasteiger partial charge on any atom is -0.340 e. The molecule has 0 saturated carbocycles. The van der Waals surface area contributed by atoms with Crippen molar-refractivity contribution in [3.63, 3.8) is 0 Å². The fourth-order valence-corrected chi connectivity index (χ4v) is 3.06. The van der Waals surface area contributed by atoms with Gasteiger partial charge in [0, 0.05) is 19.0 Å². The Morgan fingerprint density at radius 1 is 1.26 bits per heavy atom. The summed E-state index contributed by atoms with van der Waals surface area (Å²) in [5.41, 5.74) is -0.622. The standard InChI is InChI=1S/C13H26NO4P/c1-3-12(9-8-11(2)19(16,17)18)14-10-6-4-5-7-13(14)15/h11-12H,3-10H2,1-2H3,(H2,16,17,18). The largest absolute Gasteiger partial charge is 0.340 e. The smallest absolute Gasteiger partial charge is 0.328 e. The van der Waals surface area contributed by atoms with Gasteiger partial charge >= 0.3 is 7.60 Å². The van der Waals surface area contributed by atoms with Crippen molar-refractivity contribution in [1.82, 2.24) is 4.90 Å². The lowest BCUT2D eigenvalue weighted by Crippen LogP contribution is -2.40. The Morgan fingerprint density at radius 2 is 1.95 bits per heavy atom. The van der Waals surface area contributed by atoms with Gasteiger partial charge in [-0.05, 0) is 32.1 Å². The van der Waals surface area contributed by atoms with Crippen LogP contribution >= 0.6 is 7.60 Å². The van der Waals surface area contributed by atoms with Gasteiger partial charge in [0.2, 0.25) is 5.91 Å². The van der Waals surface area contributed by atoms with Crippen LogP contribution in [0.3, 0.4) is 0 Å². The zero-order valence-corrected chi connectivity index (χ0v) is 12.8. The molecule has 1 amide bonds. The topological polar surface area (TPSA) is 77.8 Å². The molecular weight excluding hydrogens is 265 g/mol. The molecule has 2 atom stereocenters. The van der Waals surface area contributed by atoms with Crippen LogP contribution in [0.2, 0.25) is 0 Å². The average molecular weight is 291 g/mol. The van der Waals surface area contributed by atoms with Gasteiger partial charge in [-0.25, -0.2) is 0 Å². The molecule has 6 heteroatoms. The Kier molecular flexibility index (Phi) is 6.51. The summed E-state index contributed by atoms with van der Waals surface area (Å²) in [4.78, 5) is 32.2. The van der Waals surface area contributed by atoms with Gasteiger partial charge in [-0.15, -0.1) is 0 Å². The molecule has 0 spiro atoms. The van der Waals surface area contributed by atoms with Crippen LogP contribution in [0.4, 0.5) is 0 Å². The lowest BCUT2D eigenvalue weighted by atomic mass is 10.1. The normalized spacial score (nSPS) is 21.1. The van der Waals surface area contributed by atoms with E-state index in [-0.39, 0.29) is 11.9 Å². The van der Waals surface area contributed by atoms with Crippen molar-refractivity contribution in [2.45, 2.75) is 70.5 Å². The SMILES string of the molecule is CCC(CCC(C)P(=O)(O)O)N1CCCCCC1=O. The van der Waals surface area contributed by atoms with Crippen LogP contribution in [-0.4, -0.2) is 38.8 Å². The number of nitrogens with zero attached hydrogens (tertiary/aromatic N) is 1. The summed E-state index contributed by atoms with van der Waals surface area (Å²) >= 11 is 0. The number of rotatable bonds is 6. The molecule has 1 rings (SSSR count). The number of carbonyl (C=O) groups is 1. The molecule has 0 aromatic rings. The lowest BCUT2D eigenvalue weighted by molar-refractivity contribution is -0.133. The van der Waals surface area contributed by atoms with Gasteiger partial charge in [0.15, 0.2) is 0 Å². The zero-order valence-electron chi connectivity index (χ0n) is 11.9. The number of hydrogen-bond donors (Lipinski definition) is 2. The van der Waals surface area contributed by atoms with Crippen molar-refractivity contribution < 1.29 is 19.1 Å². The minimum absolute atomic E-state index is 0.125. The highest BCUT2D eigenvalue weighted by molar-refractivity contribution is 7.52. The lowest BCUT2D eigenvalue weighted by Gasteiger charge is -2.31. The van der Waals surface area contributed by atoms with Crippen LogP contribution in [0.5, 0.6) is 0 Å². The molecule has 1 fully saturated rings. The molecule has 2 N–H and O–H groups in total. The van der Waals surface area contributed by atoms with Crippen molar-refractivity contribution in [2.24, 2.45) is 0 Å². The molecule has 1 aliphatic rings. The molecule has 0 aliphatic carbocycles. The highest BCUT2D eigenvalue weighted by Crippen LogP contribution is 2.43. The third-order valence-electron chi connectivity index (χ3n) is 4.01. The van der Waals surface area contributed by atoms with Crippen LogP contribution in [0.25, 0.3) is 0 Å². The molecule has 1 heterocycles. The predicted molar refractivity (Wildman–Crippen MR) is 75.0 cm³/mol. The minimum atomic E-state index is -3.99. The second kappa shape index (κ2) is 7.41. The maximum absolute atomic E-state index is 12.0. The van der Waals surface area contributed by atoms with E-state index in [4.69, 9.17) is 9.79 Å². The Hall–Kier alpha value is -0.380. The molecule has 0 aromatic carbocycles. The van der Waals surface area contributed by atoms with Gasteiger partial charge in [-0.2, -0.15) is 0 Å². The third kappa shape index (κ3) is 5.25. The Labute approximate surface area is 115 Å². The summed E-state index contributed by atoms with van der Waals surface area (Å²) in [6, 6.07) is 0.125. The first-order chi connectivity index (χ1) is 8.86. The fraction of sp³-hybridized carbons (Fsp3) is 0.923. The van der Waals surface area contributed by atoms with Crippen LogP contribution in [-0.2, 0) is 9.36 Å². The quantitative estimate of drug-likeness (QED) is 0.737. The van der Waals surface area contributed by atoms with Crippen LogP contribution < -0.4 is 0 Å². The van der Waals surface area contributed by atoms with Crippen molar-refractivity contribution in [1.29, 1.82) is 0 Å². The summed E-state index contributed by atoms with van der Waals surface area (Å²) in [6.07, 6.45) is 5.70. The van der Waals surface area contributed by atoms with E-state index in [1.54, 1.807) is 6.92 Å². The van der Waals surface area contributed by atoms with Crippen LogP contribution in [0.15, 0.2) is 0 Å². The summed E-state index contributed by atoms with van der Waals surface area (Å²) in [5.74, 6) is 0.202. The van der Waals surface area contributed by atoms with E-state index in [2.05, 4.69) is 0 Å². The molecule has 0 bridgehead atoms. The first kappa shape index (κ1) is 16.7. The second-order valence-electron chi connectivity index (χ2n) is 5.48. The Balaban J connectivity index is 2.57. The van der Waals surface area contributed by atoms with Crippen molar-refractivity contribution in [2.75, 3.05) is 6.54 Å². The van der Waals surface area contributed by atoms with Gasteiger partial charge in [-0.3, -0.25) is 9.36 Å². The molecule has 5 nitrogen and oxygen atoms in total. The van der Waals surface area contributed by atoms with Gasteiger partial charge in [-0.1, -0.05) is 20.3 Å². The molecule has 0 aromatic heterocycles. The van der Waals surface area contributed by atoms with Gasteiger partial charge < -0.3 is 14.7 Å². The molecule has 0 radical (unpaired) electrons. The number of amides is 1. The molecule has 19 heavy (non-hydrogen) atoms. The van der Waals surface area contributed by atoms with E-state index < -0.39 is 13.3 Å². The average Bonchev–Trinajstić information content (AvgIpc) is 2.54. The monoisotopic (exact) mass is 291 g/mol. The molecular formula is C13H26NO4P. The van der Waals surface area contributed by atoms with Crippen LogP contribution in [0, 0.1) is 0 Å². The first-order valence-corrected chi connectivity index (χ1v) is 8.89. The van der Waals surface area contributed by atoms with E-state index in [0.29, 0.717) is 19.3 Å². The summed E-state index contributed by atoms with van der Waals surface area (Å²) in [7, 11) is -3.99. The maximum Gasteiger partial charge on any atom is 0.328 e. The van der Waals surface area contributed by atoms with Gasteiger partial charge in [0.05, 0.1) is 5.66 Å². The Bertz CT molecular complexity index is 342. The molecule has 1 saturated heterocycles. The van der Waals surface area contributed by atoms with E-state index >= 15 is 0 Å². The highest BCUT2D eigenvalue weighted by atomic mass is 31.2. The van der Waals surface area contributed by atoms with Crippen LogP contribution in [0.1, 0.15) is 58.8 Å². The van der Waals surface area contributed by atoms with Crippen molar-refractivity contribution in [3.8, 4) is 0 Å². The molecule has 112 valence electrons. The van der Waals surface area contributed by atoms with Gasteiger partial charge in [0.1, 0.15) is 0 Å². The molecule has 2 unspecified atom stereocenters. The van der Waals surface area contributed by atoms with E-state index in [9.17, 15) is 9.36 Å². The predicted octanol–water partition coefficient (Wildman–Crippen LogP) is 2.51. The van der Waals surface area contributed by atoms with E-state index in [1.807, 2.05) is 11.8 Å². The Morgan fingerprint density at radius 3 is 2.53 bits per heavy atom. The summed E-state index contributed by atoms with van der Waals surface area (Å²) < 4.78 is 11.1. The summed E-state index contributed by atoms with van der Waals surface area (Å²) in [6.45, 7) is 4.41. The first-order valence-electron chi connectivity index (χ1n) is 7.21. The fourth-order valence-electron chi connectivity index (χ4n) is 2.57. The number of hydrogen-bond acceptors (Lipinski definition) is 2. The zero-order chi connectivity index (χ0) is 14.5. The highest BCUT2D eigenvalue weighted by Gasteiger charge is 2.28. The summed E-state index contributed by atoms with van der Waals surface area (Å²) in [5, 5.41) is 0. The second-order valence-corrected chi connectivity index (χ2v) is 7.54.